The monoisotopic (exact) mass is 278 g/mol. The van der Waals surface area contributed by atoms with E-state index in [2.05, 4.69) is 24.6 Å². The van der Waals surface area contributed by atoms with Gasteiger partial charge in [0, 0.05) is 7.05 Å². The van der Waals surface area contributed by atoms with E-state index in [1.54, 1.807) is 6.92 Å². The Hall–Kier alpha value is -2.15. The molecule has 3 N–H and O–H groups in total. The fourth-order valence-electron chi connectivity index (χ4n) is 1.27. The Morgan fingerprint density at radius 2 is 2.00 bits per heavy atom. The topological polar surface area (TPSA) is 64.3 Å². The number of aryl methyl sites for hydroxylation is 1. The van der Waals surface area contributed by atoms with Gasteiger partial charge in [0.25, 0.3) is 5.91 Å². The number of amides is 1. The van der Waals surface area contributed by atoms with Crippen molar-refractivity contribution in [3.63, 3.8) is 0 Å². The van der Waals surface area contributed by atoms with Gasteiger partial charge < -0.3 is 15.8 Å². The molecule has 0 fully saturated rings. The maximum atomic E-state index is 10.6. The van der Waals surface area contributed by atoms with E-state index in [4.69, 9.17) is 10.5 Å². The highest BCUT2D eigenvalue weighted by Gasteiger charge is 2.04. The summed E-state index contributed by atoms with van der Waals surface area (Å²) < 4.78 is 5.25. The van der Waals surface area contributed by atoms with Gasteiger partial charge in [-0.25, -0.2) is 0 Å². The number of nitrogens with one attached hydrogen (secondary N) is 1. The van der Waals surface area contributed by atoms with E-state index in [1.807, 2.05) is 39.1 Å². The third-order valence-corrected chi connectivity index (χ3v) is 2.09. The lowest BCUT2D eigenvalue weighted by Gasteiger charge is -2.11. The minimum absolute atomic E-state index is 0.0971. The van der Waals surface area contributed by atoms with Gasteiger partial charge in [0.15, 0.2) is 6.61 Å². The number of carbonyl (C=O) groups is 1. The lowest BCUT2D eigenvalue weighted by molar-refractivity contribution is -0.119. The molecular weight excluding hydrogens is 252 g/mol. The molecule has 1 amide bonds. The zero-order valence-electron chi connectivity index (χ0n) is 13.1. The molecule has 0 atom stereocenters. The standard InChI is InChI=1S/C11H16N2O2.C3H4.C2H6/c1-3-8-4-5-10(9(6-8)13-2)15-7-11(12)14;1-3-2;1-2/h4-6,13H,3,7H2,1-2H3,(H2,12,14);1H,2H3;1-2H3. The fraction of sp³-hybridized carbons (Fsp3) is 0.438. The van der Waals surface area contributed by atoms with Crippen LogP contribution in [0.2, 0.25) is 0 Å². The van der Waals surface area contributed by atoms with Crippen LogP contribution in [0.25, 0.3) is 0 Å². The highest BCUT2D eigenvalue weighted by molar-refractivity contribution is 5.75. The summed E-state index contributed by atoms with van der Waals surface area (Å²) in [6.45, 7) is 7.64. The highest BCUT2D eigenvalue weighted by atomic mass is 16.5. The van der Waals surface area contributed by atoms with Crippen molar-refractivity contribution < 1.29 is 9.53 Å². The van der Waals surface area contributed by atoms with Gasteiger partial charge >= 0.3 is 0 Å². The van der Waals surface area contributed by atoms with Crippen molar-refractivity contribution in [3.8, 4) is 18.1 Å². The quantitative estimate of drug-likeness (QED) is 0.814. The highest BCUT2D eigenvalue weighted by Crippen LogP contribution is 2.25. The van der Waals surface area contributed by atoms with Gasteiger partial charge in [-0.2, -0.15) is 0 Å². The van der Waals surface area contributed by atoms with Gasteiger partial charge in [0.1, 0.15) is 5.75 Å². The second-order valence-corrected chi connectivity index (χ2v) is 3.48. The molecule has 4 nitrogen and oxygen atoms in total. The smallest absolute Gasteiger partial charge is 0.255 e. The van der Waals surface area contributed by atoms with Crippen LogP contribution in [0.5, 0.6) is 5.75 Å². The number of rotatable bonds is 5. The normalized spacial score (nSPS) is 8.00. The van der Waals surface area contributed by atoms with Gasteiger partial charge in [-0.3, -0.25) is 4.79 Å². The van der Waals surface area contributed by atoms with Crippen LogP contribution in [-0.2, 0) is 11.2 Å². The number of anilines is 1. The predicted octanol–water partition coefficient (Wildman–Crippen LogP) is 2.82. The number of primary amides is 1. The first kappa shape index (κ1) is 20.2. The van der Waals surface area contributed by atoms with Crippen LogP contribution in [0.4, 0.5) is 5.69 Å². The average molecular weight is 278 g/mol. The summed E-state index contributed by atoms with van der Waals surface area (Å²) in [6.07, 6.45) is 5.56. The van der Waals surface area contributed by atoms with Crippen LogP contribution < -0.4 is 15.8 Å². The zero-order valence-corrected chi connectivity index (χ0v) is 13.1. The van der Waals surface area contributed by atoms with Crippen LogP contribution >= 0.6 is 0 Å². The number of benzene rings is 1. The van der Waals surface area contributed by atoms with Crippen molar-refractivity contribution in [2.75, 3.05) is 19.0 Å². The minimum atomic E-state index is -0.475. The SMILES string of the molecule is C#CC.CC.CCc1ccc(OCC(N)=O)c(NC)c1. The molecule has 0 aliphatic rings. The van der Waals surface area contributed by atoms with Gasteiger partial charge in [-0.1, -0.05) is 26.8 Å². The molecule has 112 valence electrons. The van der Waals surface area contributed by atoms with Crippen molar-refractivity contribution in [3.05, 3.63) is 23.8 Å². The molecule has 1 rings (SSSR count). The van der Waals surface area contributed by atoms with Gasteiger partial charge in [0.05, 0.1) is 5.69 Å². The van der Waals surface area contributed by atoms with Crippen LogP contribution in [-0.4, -0.2) is 19.6 Å². The molecular formula is C16H26N2O2. The Kier molecular flexibility index (Phi) is 13.4. The van der Waals surface area contributed by atoms with E-state index in [-0.39, 0.29) is 6.61 Å². The molecule has 1 aromatic carbocycles. The zero-order chi connectivity index (χ0) is 16.0. The molecule has 1 aromatic rings. The summed E-state index contributed by atoms with van der Waals surface area (Å²) in [5, 5.41) is 3.02. The molecule has 0 aromatic heterocycles. The summed E-state index contributed by atoms with van der Waals surface area (Å²) >= 11 is 0. The number of hydrogen-bond acceptors (Lipinski definition) is 3. The van der Waals surface area contributed by atoms with Crippen molar-refractivity contribution in [1.29, 1.82) is 0 Å². The van der Waals surface area contributed by atoms with Gasteiger partial charge in [0.2, 0.25) is 0 Å². The first-order chi connectivity index (χ1) is 9.58. The van der Waals surface area contributed by atoms with E-state index < -0.39 is 5.91 Å². The second-order valence-electron chi connectivity index (χ2n) is 3.48. The molecule has 0 spiro atoms. The summed E-state index contributed by atoms with van der Waals surface area (Å²) in [7, 11) is 1.81. The maximum absolute atomic E-state index is 10.6. The number of terminal acetylenes is 1. The predicted molar refractivity (Wildman–Crippen MR) is 85.9 cm³/mol. The van der Waals surface area contributed by atoms with Crippen LogP contribution in [0, 0.1) is 12.3 Å². The number of ether oxygens (including phenoxy) is 1. The first-order valence-corrected chi connectivity index (χ1v) is 6.68. The average Bonchev–Trinajstić information content (AvgIpc) is 2.47. The molecule has 0 saturated carbocycles. The first-order valence-electron chi connectivity index (χ1n) is 6.68. The summed E-state index contributed by atoms with van der Waals surface area (Å²) in [5.74, 6) is 2.42. The Bertz CT molecular complexity index is 423. The van der Waals surface area contributed by atoms with E-state index >= 15 is 0 Å². The second kappa shape index (κ2) is 13.3. The Morgan fingerprint density at radius 3 is 2.40 bits per heavy atom. The van der Waals surface area contributed by atoms with E-state index in [0.717, 1.165) is 12.1 Å². The minimum Gasteiger partial charge on any atom is -0.482 e. The Labute approximate surface area is 122 Å². The molecule has 0 bridgehead atoms. The lowest BCUT2D eigenvalue weighted by Crippen LogP contribution is -2.20. The molecule has 0 unspecified atom stereocenters. The van der Waals surface area contributed by atoms with Crippen LogP contribution in [0.1, 0.15) is 33.3 Å². The van der Waals surface area contributed by atoms with Gasteiger partial charge in [-0.05, 0) is 31.0 Å². The molecule has 20 heavy (non-hydrogen) atoms. The van der Waals surface area contributed by atoms with E-state index in [9.17, 15) is 4.79 Å². The fourth-order valence-corrected chi connectivity index (χ4v) is 1.27. The number of hydrogen-bond donors (Lipinski definition) is 2. The summed E-state index contributed by atoms with van der Waals surface area (Å²) in [6, 6.07) is 5.81. The largest absolute Gasteiger partial charge is 0.482 e. The molecule has 0 saturated heterocycles. The van der Waals surface area contributed by atoms with Crippen LogP contribution in [0.15, 0.2) is 18.2 Å². The molecule has 0 aliphatic heterocycles. The van der Waals surface area contributed by atoms with Crippen molar-refractivity contribution in [2.45, 2.75) is 34.1 Å². The van der Waals surface area contributed by atoms with E-state index in [0.29, 0.717) is 5.75 Å². The summed E-state index contributed by atoms with van der Waals surface area (Å²) in [5.41, 5.74) is 7.09. The third kappa shape index (κ3) is 8.87. The Balaban J connectivity index is 0. The maximum Gasteiger partial charge on any atom is 0.255 e. The molecule has 4 heteroatoms. The molecule has 0 aliphatic carbocycles. The van der Waals surface area contributed by atoms with Crippen LogP contribution in [0.3, 0.4) is 0 Å². The number of carbonyl (C=O) groups excluding carboxylic acids is 1. The van der Waals surface area contributed by atoms with Crippen molar-refractivity contribution in [1.82, 2.24) is 0 Å². The Morgan fingerprint density at radius 1 is 1.45 bits per heavy atom. The van der Waals surface area contributed by atoms with Gasteiger partial charge in [-0.15, -0.1) is 12.3 Å². The molecule has 0 radical (unpaired) electrons. The van der Waals surface area contributed by atoms with Crippen molar-refractivity contribution >= 4 is 11.6 Å². The summed E-state index contributed by atoms with van der Waals surface area (Å²) in [4.78, 5) is 10.6. The van der Waals surface area contributed by atoms with Crippen molar-refractivity contribution in [2.24, 2.45) is 5.73 Å². The number of nitrogens with two attached hydrogens (primary N) is 1. The third-order valence-electron chi connectivity index (χ3n) is 2.09. The van der Waals surface area contributed by atoms with E-state index in [1.165, 1.54) is 5.56 Å². The molecule has 0 heterocycles. The lowest BCUT2D eigenvalue weighted by atomic mass is 10.1.